The number of hydrogen-bond donors (Lipinski definition) is 1. The Morgan fingerprint density at radius 2 is 1.85 bits per heavy atom. The molecule has 0 saturated carbocycles. The molecule has 9 heteroatoms. The molecule has 1 amide bonds. The van der Waals surface area contributed by atoms with Crippen LogP contribution in [0, 0.1) is 25.7 Å². The second-order valence-corrected chi connectivity index (χ2v) is 10.6. The van der Waals surface area contributed by atoms with Gasteiger partial charge in [0.1, 0.15) is 5.56 Å². The summed E-state index contributed by atoms with van der Waals surface area (Å²) in [6.07, 6.45) is 5.12. The summed E-state index contributed by atoms with van der Waals surface area (Å²) in [7, 11) is 0. The van der Waals surface area contributed by atoms with Crippen LogP contribution in [0.2, 0.25) is 0 Å². The number of amides is 1. The van der Waals surface area contributed by atoms with Gasteiger partial charge in [0.2, 0.25) is 0 Å². The van der Waals surface area contributed by atoms with Crippen molar-refractivity contribution in [2.24, 2.45) is 0 Å². The number of thiazole rings is 1. The molecular formula is C31H24N6O2S. The number of hydrogen-bond acceptors (Lipinski definition) is 6. The van der Waals surface area contributed by atoms with E-state index in [-0.39, 0.29) is 11.5 Å². The maximum absolute atomic E-state index is 14.2. The quantitative estimate of drug-likeness (QED) is 0.315. The average Bonchev–Trinajstić information content (AvgIpc) is 3.53. The lowest BCUT2D eigenvalue weighted by Gasteiger charge is -2.21. The Bertz CT molecular complexity index is 2030. The number of para-hydroxylation sites is 1. The fraction of sp³-hybridized carbons (Fsp3) is 0.129. The highest BCUT2D eigenvalue weighted by atomic mass is 32.1. The van der Waals surface area contributed by atoms with Crippen molar-refractivity contribution in [3.63, 3.8) is 0 Å². The smallest absolute Gasteiger partial charge is 0.264 e. The molecule has 6 rings (SSSR count). The van der Waals surface area contributed by atoms with Gasteiger partial charge >= 0.3 is 0 Å². The van der Waals surface area contributed by atoms with Crippen molar-refractivity contribution in [3.8, 4) is 17.5 Å². The monoisotopic (exact) mass is 544 g/mol. The van der Waals surface area contributed by atoms with Gasteiger partial charge in [0.05, 0.1) is 33.2 Å². The molecule has 6 aromatic rings. The molecule has 1 atom stereocenters. The van der Waals surface area contributed by atoms with Gasteiger partial charge in [0.25, 0.3) is 11.5 Å². The summed E-state index contributed by atoms with van der Waals surface area (Å²) in [6, 6.07) is 18.2. The fourth-order valence-corrected chi connectivity index (χ4v) is 5.43. The van der Waals surface area contributed by atoms with Gasteiger partial charge in [-0.15, -0.1) is 11.3 Å². The van der Waals surface area contributed by atoms with Gasteiger partial charge in [-0.05, 0) is 62.4 Å². The predicted molar refractivity (Wildman–Crippen MR) is 156 cm³/mol. The first kappa shape index (κ1) is 25.2. The molecule has 0 bridgehead atoms. The van der Waals surface area contributed by atoms with Gasteiger partial charge in [-0.3, -0.25) is 14.2 Å². The number of carbonyl (C=O) groups is 1. The van der Waals surface area contributed by atoms with Crippen LogP contribution in [0.1, 0.15) is 50.2 Å². The van der Waals surface area contributed by atoms with Gasteiger partial charge in [0.15, 0.2) is 5.65 Å². The zero-order valence-corrected chi connectivity index (χ0v) is 22.9. The molecule has 0 radical (unpaired) electrons. The van der Waals surface area contributed by atoms with Gasteiger partial charge < -0.3 is 5.32 Å². The van der Waals surface area contributed by atoms with E-state index in [2.05, 4.69) is 32.2 Å². The predicted octanol–water partition coefficient (Wildman–Crippen LogP) is 5.00. The minimum Gasteiger partial charge on any atom is -0.344 e. The zero-order chi connectivity index (χ0) is 27.8. The molecule has 0 fully saturated rings. The molecule has 0 unspecified atom stereocenters. The average molecular weight is 545 g/mol. The lowest BCUT2D eigenvalue weighted by molar-refractivity contribution is 0.0939. The molecule has 2 aromatic carbocycles. The van der Waals surface area contributed by atoms with Crippen LogP contribution < -0.4 is 10.9 Å². The number of nitrogens with zero attached hydrogens (tertiary/aromatic N) is 5. The topological polar surface area (TPSA) is 94.2 Å². The summed E-state index contributed by atoms with van der Waals surface area (Å²) in [5.41, 5.74) is 3.21. The molecular weight excluding hydrogens is 520 g/mol. The van der Waals surface area contributed by atoms with Crippen LogP contribution in [-0.4, -0.2) is 30.1 Å². The van der Waals surface area contributed by atoms with Crippen LogP contribution in [0.4, 0.5) is 0 Å². The van der Waals surface area contributed by atoms with Crippen LogP contribution in [0.3, 0.4) is 0 Å². The Labute approximate surface area is 234 Å². The summed E-state index contributed by atoms with van der Waals surface area (Å²) in [6.45, 7) is 5.57. The van der Waals surface area contributed by atoms with E-state index in [0.717, 1.165) is 15.3 Å². The highest BCUT2D eigenvalue weighted by Crippen LogP contribution is 2.24. The Balaban J connectivity index is 1.48. The standard InChI is InChI=1S/C31H24N6O2S/c1-19(34-30(38)27-20(2)35-36-16-8-15-32-29(27)36)26-17-23-10-7-9-22(13-14-25-18-33-21(3)40-25)28(23)31(39)37(26)24-11-5-4-6-12-24/h4-12,15-19H,1-3H3,(H,34,38)/t19-/m1/s1. The number of nitrogens with one attached hydrogen (secondary N) is 1. The molecule has 0 aliphatic rings. The van der Waals surface area contributed by atoms with E-state index in [1.807, 2.05) is 68.4 Å². The largest absolute Gasteiger partial charge is 0.344 e. The summed E-state index contributed by atoms with van der Waals surface area (Å²) >= 11 is 1.51. The molecule has 0 spiro atoms. The molecule has 4 aromatic heterocycles. The number of rotatable bonds is 4. The van der Waals surface area contributed by atoms with Crippen molar-refractivity contribution in [1.29, 1.82) is 0 Å². The van der Waals surface area contributed by atoms with E-state index in [9.17, 15) is 9.59 Å². The number of pyridine rings is 1. The molecule has 0 aliphatic heterocycles. The molecule has 1 N–H and O–H groups in total. The van der Waals surface area contributed by atoms with E-state index in [1.54, 1.807) is 40.7 Å². The Kier molecular flexibility index (Phi) is 6.46. The van der Waals surface area contributed by atoms with Crippen molar-refractivity contribution in [2.45, 2.75) is 26.8 Å². The molecule has 4 heterocycles. The number of carbonyl (C=O) groups excluding carboxylic acids is 1. The fourth-order valence-electron chi connectivity index (χ4n) is 4.80. The summed E-state index contributed by atoms with van der Waals surface area (Å²) in [4.78, 5) is 37.1. The van der Waals surface area contributed by atoms with Gasteiger partial charge in [-0.25, -0.2) is 14.5 Å². The lowest BCUT2D eigenvalue weighted by Crippen LogP contribution is -2.32. The second kappa shape index (κ2) is 10.2. The van der Waals surface area contributed by atoms with Crippen molar-refractivity contribution >= 4 is 33.7 Å². The Hall–Kier alpha value is -5.07. The molecule has 196 valence electrons. The number of fused-ring (bicyclic) bond motifs is 2. The van der Waals surface area contributed by atoms with Crippen LogP contribution in [0.25, 0.3) is 22.1 Å². The Morgan fingerprint density at radius 1 is 1.02 bits per heavy atom. The molecule has 0 aliphatic carbocycles. The SMILES string of the molecule is Cc1ncc(C#Cc2cccc3cc([C@@H](C)NC(=O)c4c(C)nn5cccnc45)n(-c4ccccc4)c(=O)c23)s1. The summed E-state index contributed by atoms with van der Waals surface area (Å²) < 4.78 is 3.23. The van der Waals surface area contributed by atoms with E-state index in [0.29, 0.717) is 39.2 Å². The first-order chi connectivity index (χ1) is 19.4. The number of benzene rings is 2. The van der Waals surface area contributed by atoms with Crippen molar-refractivity contribution in [3.05, 3.63) is 122 Å². The van der Waals surface area contributed by atoms with E-state index >= 15 is 0 Å². The van der Waals surface area contributed by atoms with Gasteiger partial charge in [0, 0.05) is 29.3 Å². The summed E-state index contributed by atoms with van der Waals surface area (Å²) in [5.74, 6) is 6.01. The zero-order valence-electron chi connectivity index (χ0n) is 22.0. The number of aromatic nitrogens is 5. The second-order valence-electron chi connectivity index (χ2n) is 9.35. The lowest BCUT2D eigenvalue weighted by atomic mass is 10.0. The van der Waals surface area contributed by atoms with Crippen LogP contribution in [-0.2, 0) is 0 Å². The van der Waals surface area contributed by atoms with Crippen molar-refractivity contribution in [1.82, 2.24) is 29.5 Å². The van der Waals surface area contributed by atoms with E-state index in [1.165, 1.54) is 11.3 Å². The highest BCUT2D eigenvalue weighted by molar-refractivity contribution is 7.12. The maximum Gasteiger partial charge on any atom is 0.264 e. The van der Waals surface area contributed by atoms with E-state index < -0.39 is 6.04 Å². The molecule has 0 saturated heterocycles. The minimum atomic E-state index is -0.516. The highest BCUT2D eigenvalue weighted by Gasteiger charge is 2.23. The first-order valence-corrected chi connectivity index (χ1v) is 13.5. The summed E-state index contributed by atoms with van der Waals surface area (Å²) in [5, 5.41) is 9.68. The minimum absolute atomic E-state index is 0.209. The van der Waals surface area contributed by atoms with Crippen LogP contribution in [0.15, 0.2) is 84.0 Å². The van der Waals surface area contributed by atoms with Crippen molar-refractivity contribution in [2.75, 3.05) is 0 Å². The molecule has 8 nitrogen and oxygen atoms in total. The normalized spacial score (nSPS) is 11.8. The first-order valence-electron chi connectivity index (χ1n) is 12.7. The van der Waals surface area contributed by atoms with Gasteiger partial charge in [-0.1, -0.05) is 36.3 Å². The van der Waals surface area contributed by atoms with Crippen molar-refractivity contribution < 1.29 is 4.79 Å². The van der Waals surface area contributed by atoms with Crippen LogP contribution in [0.5, 0.6) is 0 Å². The van der Waals surface area contributed by atoms with Gasteiger partial charge in [-0.2, -0.15) is 5.10 Å². The third kappa shape index (κ3) is 4.55. The van der Waals surface area contributed by atoms with E-state index in [4.69, 9.17) is 0 Å². The third-order valence-electron chi connectivity index (χ3n) is 6.62. The Morgan fingerprint density at radius 3 is 2.62 bits per heavy atom. The maximum atomic E-state index is 14.2. The van der Waals surface area contributed by atoms with Crippen LogP contribution >= 0.6 is 11.3 Å². The molecule has 40 heavy (non-hydrogen) atoms. The third-order valence-corrected chi connectivity index (χ3v) is 7.45. The number of aryl methyl sites for hydroxylation is 2.